The smallest absolute Gasteiger partial charge is 0.0863 e. The summed E-state index contributed by atoms with van der Waals surface area (Å²) in [5, 5.41) is 8.92. The number of rotatable bonds is 9. The molecule has 1 atom stereocenters. The molecule has 1 aromatic heterocycles. The van der Waals surface area contributed by atoms with Crippen molar-refractivity contribution in [1.29, 1.82) is 0 Å². The Morgan fingerprint density at radius 2 is 1.85 bits per heavy atom. The third kappa shape index (κ3) is 4.37. The van der Waals surface area contributed by atoms with Crippen LogP contribution >= 0.6 is 23.2 Å². The van der Waals surface area contributed by atoms with Gasteiger partial charge in [0.15, 0.2) is 0 Å². The summed E-state index contributed by atoms with van der Waals surface area (Å²) in [7, 11) is 0. The molecular weight excluding hydrogens is 293 g/mol. The molecule has 0 fully saturated rings. The maximum absolute atomic E-state index is 6.44. The molecule has 0 spiro atoms. The van der Waals surface area contributed by atoms with Gasteiger partial charge in [0.1, 0.15) is 0 Å². The first-order valence-electron chi connectivity index (χ1n) is 7.67. The summed E-state index contributed by atoms with van der Waals surface area (Å²) in [6.45, 7) is 10.9. The Hall–Kier alpha value is -0.250. The van der Waals surface area contributed by atoms with E-state index in [2.05, 4.69) is 38.1 Å². The molecule has 0 aliphatic carbocycles. The number of hydrogen-bond donors (Lipinski definition) is 1. The molecule has 0 saturated heterocycles. The lowest BCUT2D eigenvalue weighted by atomic mass is 9.99. The summed E-state index contributed by atoms with van der Waals surface area (Å²) in [6.07, 6.45) is 3.12. The van der Waals surface area contributed by atoms with E-state index in [4.69, 9.17) is 23.2 Å². The van der Waals surface area contributed by atoms with Crippen LogP contribution < -0.4 is 5.32 Å². The minimum Gasteiger partial charge on any atom is -0.310 e. The number of nitrogens with one attached hydrogen (secondary N) is 1. The van der Waals surface area contributed by atoms with Crippen LogP contribution in [0.5, 0.6) is 0 Å². The summed E-state index contributed by atoms with van der Waals surface area (Å²) in [5.74, 6) is 0.571. The van der Waals surface area contributed by atoms with Crippen molar-refractivity contribution in [3.63, 3.8) is 0 Å². The van der Waals surface area contributed by atoms with Crippen LogP contribution in [0.15, 0.2) is 0 Å². The Balaban J connectivity index is 2.59. The molecule has 20 heavy (non-hydrogen) atoms. The van der Waals surface area contributed by atoms with Crippen LogP contribution in [0.4, 0.5) is 0 Å². The van der Waals surface area contributed by atoms with Gasteiger partial charge in [-0.2, -0.15) is 5.10 Å². The van der Waals surface area contributed by atoms with Crippen LogP contribution in [0.2, 0.25) is 5.02 Å². The van der Waals surface area contributed by atoms with Gasteiger partial charge in [0.05, 0.1) is 16.4 Å². The van der Waals surface area contributed by atoms with Crippen molar-refractivity contribution in [1.82, 2.24) is 15.1 Å². The van der Waals surface area contributed by atoms with E-state index in [9.17, 15) is 0 Å². The van der Waals surface area contributed by atoms with E-state index in [0.29, 0.717) is 5.92 Å². The van der Waals surface area contributed by atoms with Gasteiger partial charge in [-0.05, 0) is 19.3 Å². The molecule has 0 amide bonds. The summed E-state index contributed by atoms with van der Waals surface area (Å²) in [5.41, 5.74) is 2.05. The van der Waals surface area contributed by atoms with Gasteiger partial charge in [0.2, 0.25) is 0 Å². The first-order valence-corrected chi connectivity index (χ1v) is 8.49. The van der Waals surface area contributed by atoms with Crippen LogP contribution in [0.1, 0.15) is 51.9 Å². The Labute approximate surface area is 133 Å². The second kappa shape index (κ2) is 8.91. The zero-order chi connectivity index (χ0) is 15.1. The number of halogens is 2. The maximum Gasteiger partial charge on any atom is 0.0863 e. The molecule has 0 saturated carbocycles. The van der Waals surface area contributed by atoms with Gasteiger partial charge in [0, 0.05) is 25.0 Å². The van der Waals surface area contributed by atoms with Crippen molar-refractivity contribution in [2.45, 2.75) is 65.4 Å². The van der Waals surface area contributed by atoms with Crippen molar-refractivity contribution in [2.24, 2.45) is 5.92 Å². The first kappa shape index (κ1) is 17.8. The van der Waals surface area contributed by atoms with E-state index in [1.807, 2.05) is 4.68 Å². The summed E-state index contributed by atoms with van der Waals surface area (Å²) < 4.78 is 1.98. The maximum atomic E-state index is 6.44. The van der Waals surface area contributed by atoms with Crippen LogP contribution in [0.25, 0.3) is 0 Å². The number of alkyl halides is 1. The average molecular weight is 320 g/mol. The van der Waals surface area contributed by atoms with E-state index in [1.165, 1.54) is 0 Å². The lowest BCUT2D eigenvalue weighted by molar-refractivity contribution is 0.442. The molecular formula is C15H27Cl2N3. The van der Waals surface area contributed by atoms with E-state index < -0.39 is 0 Å². The van der Waals surface area contributed by atoms with E-state index >= 15 is 0 Å². The van der Waals surface area contributed by atoms with Crippen molar-refractivity contribution in [3.8, 4) is 0 Å². The highest BCUT2D eigenvalue weighted by Gasteiger charge is 2.17. The van der Waals surface area contributed by atoms with Crippen molar-refractivity contribution in [3.05, 3.63) is 16.4 Å². The van der Waals surface area contributed by atoms with Gasteiger partial charge in [0.25, 0.3) is 0 Å². The predicted octanol–water partition coefficient (Wildman–Crippen LogP) is 4.25. The topological polar surface area (TPSA) is 29.9 Å². The molecule has 0 radical (unpaired) electrons. The zero-order valence-corrected chi connectivity index (χ0v) is 14.6. The highest BCUT2D eigenvalue weighted by atomic mass is 35.5. The fourth-order valence-corrected chi connectivity index (χ4v) is 3.28. The van der Waals surface area contributed by atoms with Crippen LogP contribution in [-0.4, -0.2) is 21.7 Å². The molecule has 3 nitrogen and oxygen atoms in total. The summed E-state index contributed by atoms with van der Waals surface area (Å²) in [4.78, 5) is 0. The number of nitrogens with zero attached hydrogens (tertiary/aromatic N) is 2. The lowest BCUT2D eigenvalue weighted by Gasteiger charge is -2.19. The molecule has 1 rings (SSSR count). The summed E-state index contributed by atoms with van der Waals surface area (Å²) in [6, 6.07) is 0. The van der Waals surface area contributed by atoms with E-state index in [-0.39, 0.29) is 5.38 Å². The SMILES string of the molecule is CCc1nn(CC)c(CNCC(Cl)C(CC)CC)c1Cl. The van der Waals surface area contributed by atoms with Gasteiger partial charge in [-0.1, -0.05) is 45.2 Å². The number of aryl methyl sites for hydroxylation is 2. The quantitative estimate of drug-likeness (QED) is 0.689. The van der Waals surface area contributed by atoms with E-state index in [1.54, 1.807) is 0 Å². The Morgan fingerprint density at radius 1 is 1.20 bits per heavy atom. The highest BCUT2D eigenvalue weighted by Crippen LogP contribution is 2.22. The van der Waals surface area contributed by atoms with Crippen LogP contribution in [0.3, 0.4) is 0 Å². The second-order valence-corrected chi connectivity index (χ2v) is 6.04. The molecule has 116 valence electrons. The second-order valence-electron chi connectivity index (χ2n) is 5.10. The molecule has 1 N–H and O–H groups in total. The number of hydrogen-bond acceptors (Lipinski definition) is 2. The van der Waals surface area contributed by atoms with Gasteiger partial charge in [-0.25, -0.2) is 0 Å². The fourth-order valence-electron chi connectivity index (χ4n) is 2.48. The third-order valence-electron chi connectivity index (χ3n) is 3.89. The predicted molar refractivity (Wildman–Crippen MR) is 87.7 cm³/mol. The average Bonchev–Trinajstić information content (AvgIpc) is 2.76. The molecule has 0 aromatic carbocycles. The fraction of sp³-hybridized carbons (Fsp3) is 0.800. The van der Waals surface area contributed by atoms with Gasteiger partial charge < -0.3 is 5.32 Å². The van der Waals surface area contributed by atoms with E-state index in [0.717, 1.165) is 55.3 Å². The molecule has 0 aliphatic rings. The third-order valence-corrected chi connectivity index (χ3v) is 4.83. The van der Waals surface area contributed by atoms with Crippen molar-refractivity contribution < 1.29 is 0 Å². The lowest BCUT2D eigenvalue weighted by Crippen LogP contribution is -2.29. The first-order chi connectivity index (χ1) is 9.58. The normalized spacial score (nSPS) is 13.2. The summed E-state index contributed by atoms with van der Waals surface area (Å²) >= 11 is 12.8. The monoisotopic (exact) mass is 319 g/mol. The Morgan fingerprint density at radius 3 is 2.35 bits per heavy atom. The molecule has 1 unspecified atom stereocenters. The number of aromatic nitrogens is 2. The van der Waals surface area contributed by atoms with Crippen LogP contribution in [-0.2, 0) is 19.5 Å². The molecule has 5 heteroatoms. The molecule has 1 aromatic rings. The Kier molecular flexibility index (Phi) is 7.93. The van der Waals surface area contributed by atoms with Gasteiger partial charge in [-0.3, -0.25) is 4.68 Å². The molecule has 0 bridgehead atoms. The van der Waals surface area contributed by atoms with Crippen LogP contribution in [0, 0.1) is 5.92 Å². The van der Waals surface area contributed by atoms with Gasteiger partial charge >= 0.3 is 0 Å². The standard InChI is InChI=1S/C15H27Cl2N3/c1-5-11(6-2)12(16)9-18-10-14-15(17)13(7-3)19-20(14)8-4/h11-12,18H,5-10H2,1-4H3. The minimum absolute atomic E-state index is 0.174. The van der Waals surface area contributed by atoms with Crippen molar-refractivity contribution >= 4 is 23.2 Å². The Bertz CT molecular complexity index is 400. The van der Waals surface area contributed by atoms with Crippen molar-refractivity contribution in [2.75, 3.05) is 6.54 Å². The highest BCUT2D eigenvalue weighted by molar-refractivity contribution is 6.31. The molecule has 0 aliphatic heterocycles. The largest absolute Gasteiger partial charge is 0.310 e. The minimum atomic E-state index is 0.174. The van der Waals surface area contributed by atoms with Gasteiger partial charge in [-0.15, -0.1) is 11.6 Å². The zero-order valence-electron chi connectivity index (χ0n) is 13.0. The molecule has 1 heterocycles.